The lowest BCUT2D eigenvalue weighted by molar-refractivity contribution is 0.412. The second-order valence-electron chi connectivity index (χ2n) is 4.95. The van der Waals surface area contributed by atoms with Gasteiger partial charge in [-0.05, 0) is 50.7 Å². The van der Waals surface area contributed by atoms with E-state index in [4.69, 9.17) is 5.73 Å². The quantitative estimate of drug-likeness (QED) is 0.802. The second kappa shape index (κ2) is 6.47. The molecule has 0 fully saturated rings. The number of sulfonamides is 1. The molecule has 0 amide bonds. The molecule has 0 heterocycles. The van der Waals surface area contributed by atoms with Crippen molar-refractivity contribution in [3.05, 3.63) is 28.8 Å². The number of aryl methyl sites for hydroxylation is 2. The molecule has 3 N–H and O–H groups in total. The van der Waals surface area contributed by atoms with Crippen LogP contribution in [0.1, 0.15) is 16.7 Å². The molecular formula is C13H23N3O2S. The van der Waals surface area contributed by atoms with Gasteiger partial charge in [-0.15, -0.1) is 0 Å². The molecule has 0 radical (unpaired) electrons. The minimum absolute atomic E-state index is 0.317. The number of nitrogens with two attached hydrogens (primary N) is 1. The lowest BCUT2D eigenvalue weighted by Crippen LogP contribution is -2.31. The molecule has 0 aliphatic rings. The largest absolute Gasteiger partial charge is 0.326 e. The van der Waals surface area contributed by atoms with Crippen LogP contribution >= 0.6 is 0 Å². The summed E-state index contributed by atoms with van der Waals surface area (Å²) in [6.45, 7) is 5.12. The summed E-state index contributed by atoms with van der Waals surface area (Å²) in [5, 5.41) is 0. The standard InChI is InChI=1S/C13H23N3O2S/c1-10-7-11(2)13(8-12(10)9-14)19(17,18)15-5-6-16(3)4/h7-8,15H,5-6,9,14H2,1-4H3. The number of hydrogen-bond acceptors (Lipinski definition) is 4. The third kappa shape index (κ3) is 4.28. The molecule has 6 heteroatoms. The van der Waals surface area contributed by atoms with Gasteiger partial charge in [-0.3, -0.25) is 0 Å². The van der Waals surface area contributed by atoms with Crippen molar-refractivity contribution in [3.8, 4) is 0 Å². The molecule has 0 atom stereocenters. The topological polar surface area (TPSA) is 75.4 Å². The first-order chi connectivity index (χ1) is 8.77. The maximum absolute atomic E-state index is 12.2. The Kier molecular flexibility index (Phi) is 5.49. The summed E-state index contributed by atoms with van der Waals surface area (Å²) < 4.78 is 27.1. The highest BCUT2D eigenvalue weighted by molar-refractivity contribution is 7.89. The van der Waals surface area contributed by atoms with Crippen LogP contribution < -0.4 is 10.5 Å². The molecule has 0 aromatic heterocycles. The normalized spacial score (nSPS) is 12.1. The lowest BCUT2D eigenvalue weighted by Gasteiger charge is -2.14. The van der Waals surface area contributed by atoms with E-state index in [0.717, 1.165) is 16.7 Å². The zero-order valence-corrected chi connectivity index (χ0v) is 12.8. The Morgan fingerprint density at radius 3 is 2.37 bits per heavy atom. The van der Waals surface area contributed by atoms with Gasteiger partial charge in [0.25, 0.3) is 0 Å². The molecule has 0 aliphatic carbocycles. The van der Waals surface area contributed by atoms with Gasteiger partial charge >= 0.3 is 0 Å². The average molecular weight is 285 g/mol. The number of nitrogens with one attached hydrogen (secondary N) is 1. The molecular weight excluding hydrogens is 262 g/mol. The molecule has 19 heavy (non-hydrogen) atoms. The van der Waals surface area contributed by atoms with Gasteiger partial charge in [-0.25, -0.2) is 13.1 Å². The van der Waals surface area contributed by atoms with Gasteiger partial charge in [0, 0.05) is 19.6 Å². The average Bonchev–Trinajstić information content (AvgIpc) is 2.27. The predicted molar refractivity (Wildman–Crippen MR) is 77.5 cm³/mol. The number of nitrogens with zero attached hydrogens (tertiary/aromatic N) is 1. The third-order valence-electron chi connectivity index (χ3n) is 2.99. The summed E-state index contributed by atoms with van der Waals surface area (Å²) >= 11 is 0. The first-order valence-electron chi connectivity index (χ1n) is 6.22. The lowest BCUT2D eigenvalue weighted by atomic mass is 10.1. The SMILES string of the molecule is Cc1cc(C)c(S(=O)(=O)NCCN(C)C)cc1CN. The summed E-state index contributed by atoms with van der Waals surface area (Å²) in [6.07, 6.45) is 0. The van der Waals surface area contributed by atoms with Crippen molar-refractivity contribution in [2.75, 3.05) is 27.2 Å². The summed E-state index contributed by atoms with van der Waals surface area (Å²) in [4.78, 5) is 2.24. The van der Waals surface area contributed by atoms with Crippen molar-refractivity contribution in [1.29, 1.82) is 0 Å². The van der Waals surface area contributed by atoms with Gasteiger partial charge < -0.3 is 10.6 Å². The first-order valence-corrected chi connectivity index (χ1v) is 7.71. The molecule has 108 valence electrons. The van der Waals surface area contributed by atoms with Crippen LogP contribution in [0.25, 0.3) is 0 Å². The molecule has 1 aromatic carbocycles. The molecule has 1 aromatic rings. The van der Waals surface area contributed by atoms with E-state index in [1.165, 1.54) is 0 Å². The zero-order valence-electron chi connectivity index (χ0n) is 12.0. The molecule has 0 bridgehead atoms. The van der Waals surface area contributed by atoms with Gasteiger partial charge in [-0.1, -0.05) is 6.07 Å². The third-order valence-corrected chi connectivity index (χ3v) is 4.60. The highest BCUT2D eigenvalue weighted by Gasteiger charge is 2.17. The zero-order chi connectivity index (χ0) is 14.6. The second-order valence-corrected chi connectivity index (χ2v) is 6.68. The highest BCUT2D eigenvalue weighted by Crippen LogP contribution is 2.20. The van der Waals surface area contributed by atoms with Gasteiger partial charge in [0.2, 0.25) is 10.0 Å². The van der Waals surface area contributed by atoms with E-state index >= 15 is 0 Å². The number of benzene rings is 1. The van der Waals surface area contributed by atoms with Crippen molar-refractivity contribution in [2.45, 2.75) is 25.3 Å². The van der Waals surface area contributed by atoms with E-state index < -0.39 is 10.0 Å². The fraction of sp³-hybridized carbons (Fsp3) is 0.538. The van der Waals surface area contributed by atoms with E-state index in [1.807, 2.05) is 32.0 Å². The maximum atomic E-state index is 12.2. The molecule has 0 spiro atoms. The van der Waals surface area contributed by atoms with Crippen LogP contribution in [-0.4, -0.2) is 40.5 Å². The molecule has 5 nitrogen and oxygen atoms in total. The molecule has 0 saturated heterocycles. The first kappa shape index (κ1) is 16.1. The predicted octanol–water partition coefficient (Wildman–Crippen LogP) is 0.602. The van der Waals surface area contributed by atoms with Gasteiger partial charge in [-0.2, -0.15) is 0 Å². The Balaban J connectivity index is 3.01. The number of likely N-dealkylation sites (N-methyl/N-ethyl adjacent to an activating group) is 1. The van der Waals surface area contributed by atoms with Crippen LogP contribution in [0.15, 0.2) is 17.0 Å². The summed E-state index contributed by atoms with van der Waals surface area (Å²) in [6, 6.07) is 3.53. The van der Waals surface area contributed by atoms with Crippen molar-refractivity contribution in [1.82, 2.24) is 9.62 Å². The number of hydrogen-bond donors (Lipinski definition) is 2. The smallest absolute Gasteiger partial charge is 0.240 e. The fourth-order valence-electron chi connectivity index (χ4n) is 1.87. The number of rotatable bonds is 6. The van der Waals surface area contributed by atoms with E-state index in [1.54, 1.807) is 13.0 Å². The minimum Gasteiger partial charge on any atom is -0.326 e. The van der Waals surface area contributed by atoms with E-state index in [9.17, 15) is 8.42 Å². The molecule has 0 aliphatic heterocycles. The minimum atomic E-state index is -3.47. The molecule has 0 saturated carbocycles. The Morgan fingerprint density at radius 2 is 1.84 bits per heavy atom. The summed E-state index contributed by atoms with van der Waals surface area (Å²) in [7, 11) is 0.333. The van der Waals surface area contributed by atoms with Crippen LogP contribution in [0, 0.1) is 13.8 Å². The van der Waals surface area contributed by atoms with E-state index in [0.29, 0.717) is 24.5 Å². The van der Waals surface area contributed by atoms with Crippen molar-refractivity contribution >= 4 is 10.0 Å². The highest BCUT2D eigenvalue weighted by atomic mass is 32.2. The van der Waals surface area contributed by atoms with Crippen LogP contribution in [0.2, 0.25) is 0 Å². The van der Waals surface area contributed by atoms with Crippen LogP contribution in [0.5, 0.6) is 0 Å². The Morgan fingerprint density at radius 1 is 1.21 bits per heavy atom. The molecule has 1 rings (SSSR count). The van der Waals surface area contributed by atoms with Crippen molar-refractivity contribution < 1.29 is 8.42 Å². The van der Waals surface area contributed by atoms with Gasteiger partial charge in [0.15, 0.2) is 0 Å². The van der Waals surface area contributed by atoms with Crippen LogP contribution in [-0.2, 0) is 16.6 Å². The van der Waals surface area contributed by atoms with Gasteiger partial charge in [0.1, 0.15) is 0 Å². The Bertz CT molecular complexity index is 539. The van der Waals surface area contributed by atoms with Crippen LogP contribution in [0.4, 0.5) is 0 Å². The summed E-state index contributed by atoms with van der Waals surface area (Å²) in [5.41, 5.74) is 8.25. The molecule has 0 unspecified atom stereocenters. The summed E-state index contributed by atoms with van der Waals surface area (Å²) in [5.74, 6) is 0. The fourth-order valence-corrected chi connectivity index (χ4v) is 3.16. The monoisotopic (exact) mass is 285 g/mol. The van der Waals surface area contributed by atoms with Crippen LogP contribution in [0.3, 0.4) is 0 Å². The van der Waals surface area contributed by atoms with Gasteiger partial charge in [0.05, 0.1) is 4.90 Å². The Labute approximate surface area is 115 Å². The van der Waals surface area contributed by atoms with Crippen molar-refractivity contribution in [3.63, 3.8) is 0 Å². The van der Waals surface area contributed by atoms with E-state index in [-0.39, 0.29) is 0 Å². The maximum Gasteiger partial charge on any atom is 0.240 e. The van der Waals surface area contributed by atoms with Crippen molar-refractivity contribution in [2.24, 2.45) is 5.73 Å². The van der Waals surface area contributed by atoms with E-state index in [2.05, 4.69) is 4.72 Å². The Hall–Kier alpha value is -0.950.